The molecule has 3 saturated heterocycles. The summed E-state index contributed by atoms with van der Waals surface area (Å²) in [7, 11) is 0. The van der Waals surface area contributed by atoms with Gasteiger partial charge in [-0.2, -0.15) is 15.2 Å². The van der Waals surface area contributed by atoms with E-state index in [2.05, 4.69) is 16.8 Å². The summed E-state index contributed by atoms with van der Waals surface area (Å²) < 4.78 is 73.2. The molecule has 0 aliphatic carbocycles. The van der Waals surface area contributed by atoms with Gasteiger partial charge >= 0.3 is 6.01 Å². The minimum atomic E-state index is -2.46. The van der Waals surface area contributed by atoms with Crippen LogP contribution in [0.1, 0.15) is 57.4 Å². The van der Waals surface area contributed by atoms with Crippen LogP contribution in [0.2, 0.25) is 5.02 Å². The zero-order valence-electron chi connectivity index (χ0n) is 26.9. The largest absolute Gasteiger partial charge is 0.491 e. The van der Waals surface area contributed by atoms with Crippen molar-refractivity contribution in [1.82, 2.24) is 14.9 Å². The Morgan fingerprint density at radius 3 is 2.84 bits per heavy atom. The molecule has 3 unspecified atom stereocenters. The number of halogens is 5. The Kier molecular flexibility index (Phi) is 8.19. The molecule has 0 bridgehead atoms. The van der Waals surface area contributed by atoms with E-state index in [1.165, 1.54) is 12.1 Å². The zero-order chi connectivity index (χ0) is 34.2. The van der Waals surface area contributed by atoms with Gasteiger partial charge in [-0.15, -0.1) is 11.3 Å². The topological polar surface area (TPSA) is 101 Å². The summed E-state index contributed by atoms with van der Waals surface area (Å²) in [5, 5.41) is 10.3. The van der Waals surface area contributed by atoms with Gasteiger partial charge in [-0.25, -0.2) is 17.6 Å². The van der Waals surface area contributed by atoms with E-state index in [0.29, 0.717) is 44.1 Å². The van der Waals surface area contributed by atoms with Crippen LogP contribution in [0.3, 0.4) is 0 Å². The van der Waals surface area contributed by atoms with Crippen molar-refractivity contribution in [2.45, 2.75) is 69.9 Å². The van der Waals surface area contributed by atoms with Gasteiger partial charge in [0.15, 0.2) is 11.6 Å². The normalized spacial score (nSPS) is 25.5. The molecule has 6 heterocycles. The summed E-state index contributed by atoms with van der Waals surface area (Å²) in [6, 6.07) is 4.22. The molecule has 0 amide bonds. The number of ether oxygens (including phenoxy) is 2. The van der Waals surface area contributed by atoms with Crippen LogP contribution in [0.15, 0.2) is 12.1 Å². The maximum atomic E-state index is 17.3. The SMILES string of the molecule is C[C@H]1CN2CCCC2(COc2nc3c4c(c(Cl)c(-c5ccc(F)c6sc(N)c(C#N)c56)c(F)c4n2)OCCC2CC(C(F)F)CCCN32)C1. The number of thiophene rings is 1. The van der Waals surface area contributed by atoms with Crippen molar-refractivity contribution in [3.05, 3.63) is 34.4 Å². The summed E-state index contributed by atoms with van der Waals surface area (Å²) >= 11 is 7.96. The summed E-state index contributed by atoms with van der Waals surface area (Å²) in [6.07, 6.45) is 2.02. The minimum absolute atomic E-state index is 0.0215. The molecular formula is C35H35ClF4N6O2S. The molecule has 4 atom stereocenters. The number of benzene rings is 2. The smallest absolute Gasteiger partial charge is 0.319 e. The van der Waals surface area contributed by atoms with Gasteiger partial charge in [0.2, 0.25) is 6.43 Å². The Balaban J connectivity index is 1.34. The number of fused-ring (bicyclic) bond motifs is 4. The van der Waals surface area contributed by atoms with E-state index in [0.717, 1.165) is 43.7 Å². The van der Waals surface area contributed by atoms with E-state index >= 15 is 8.78 Å². The summed E-state index contributed by atoms with van der Waals surface area (Å²) in [5.74, 6) is -1.24. The van der Waals surface area contributed by atoms with Crippen LogP contribution in [0.25, 0.3) is 32.1 Å². The highest BCUT2D eigenvalue weighted by Crippen LogP contribution is 2.51. The molecule has 8 rings (SSSR count). The van der Waals surface area contributed by atoms with E-state index in [1.54, 1.807) is 0 Å². The minimum Gasteiger partial charge on any atom is -0.491 e. The fraction of sp³-hybridized carbons (Fsp3) is 0.514. The van der Waals surface area contributed by atoms with Gasteiger partial charge in [0.05, 0.1) is 32.8 Å². The number of rotatable bonds is 5. The lowest BCUT2D eigenvalue weighted by atomic mass is 9.92. The molecule has 0 saturated carbocycles. The van der Waals surface area contributed by atoms with Crippen molar-refractivity contribution in [1.29, 1.82) is 5.26 Å². The number of anilines is 2. The molecule has 49 heavy (non-hydrogen) atoms. The van der Waals surface area contributed by atoms with Crippen molar-refractivity contribution >= 4 is 54.7 Å². The first-order chi connectivity index (χ1) is 23.6. The maximum absolute atomic E-state index is 17.3. The third-order valence-corrected chi connectivity index (χ3v) is 12.3. The number of nitrogens with two attached hydrogens (primary N) is 1. The quantitative estimate of drug-likeness (QED) is 0.207. The fourth-order valence-electron chi connectivity index (χ4n) is 8.79. The number of hydrogen-bond donors (Lipinski definition) is 1. The van der Waals surface area contributed by atoms with Crippen LogP contribution >= 0.6 is 22.9 Å². The van der Waals surface area contributed by atoms with Crippen molar-refractivity contribution in [3.8, 4) is 29.0 Å². The monoisotopic (exact) mass is 714 g/mol. The van der Waals surface area contributed by atoms with Gasteiger partial charge in [0.25, 0.3) is 0 Å². The molecule has 3 fully saturated rings. The van der Waals surface area contributed by atoms with Crippen LogP contribution in [-0.4, -0.2) is 65.7 Å². The second kappa shape index (κ2) is 12.3. The number of nitrogen functional groups attached to an aromatic ring is 1. The van der Waals surface area contributed by atoms with Crippen molar-refractivity contribution < 1.29 is 27.0 Å². The van der Waals surface area contributed by atoms with E-state index < -0.39 is 24.0 Å². The number of aromatic nitrogens is 2. The fourth-order valence-corrected chi connectivity index (χ4v) is 10.1. The summed E-state index contributed by atoms with van der Waals surface area (Å²) in [5.41, 5.74) is 5.90. The van der Waals surface area contributed by atoms with Gasteiger partial charge in [0.1, 0.15) is 34.8 Å². The highest BCUT2D eigenvalue weighted by Gasteiger charge is 2.48. The summed E-state index contributed by atoms with van der Waals surface area (Å²) in [6.45, 7) is 5.06. The lowest BCUT2D eigenvalue weighted by molar-refractivity contribution is 0.0652. The maximum Gasteiger partial charge on any atom is 0.319 e. The molecule has 2 aromatic carbocycles. The second-order valence-corrected chi connectivity index (χ2v) is 15.4. The third-order valence-electron chi connectivity index (χ3n) is 10.9. The first-order valence-corrected chi connectivity index (χ1v) is 18.0. The number of nitriles is 1. The predicted octanol–water partition coefficient (Wildman–Crippen LogP) is 8.17. The molecule has 4 aromatic rings. The predicted molar refractivity (Wildman–Crippen MR) is 182 cm³/mol. The lowest BCUT2D eigenvalue weighted by Crippen LogP contribution is -2.43. The Bertz CT molecular complexity index is 2020. The first-order valence-electron chi connectivity index (χ1n) is 16.8. The zero-order valence-corrected chi connectivity index (χ0v) is 28.4. The van der Waals surface area contributed by atoms with Crippen LogP contribution in [0, 0.1) is 34.8 Å². The Hall–Kier alpha value is -3.60. The average molecular weight is 715 g/mol. The molecule has 4 aliphatic rings. The van der Waals surface area contributed by atoms with Crippen molar-refractivity contribution in [3.63, 3.8) is 0 Å². The number of nitrogens with zero attached hydrogens (tertiary/aromatic N) is 5. The molecule has 8 nitrogen and oxygen atoms in total. The van der Waals surface area contributed by atoms with Crippen LogP contribution in [0.4, 0.5) is 28.4 Å². The van der Waals surface area contributed by atoms with Crippen LogP contribution in [0.5, 0.6) is 11.8 Å². The van der Waals surface area contributed by atoms with E-state index in [-0.39, 0.29) is 84.1 Å². The second-order valence-electron chi connectivity index (χ2n) is 14.0. The van der Waals surface area contributed by atoms with E-state index in [9.17, 15) is 14.0 Å². The lowest BCUT2D eigenvalue weighted by Gasteiger charge is -2.35. The average Bonchev–Trinajstić information content (AvgIpc) is 3.65. The number of hydrogen-bond acceptors (Lipinski definition) is 9. The van der Waals surface area contributed by atoms with Gasteiger partial charge in [-0.3, -0.25) is 4.90 Å². The molecule has 2 aromatic heterocycles. The Labute approximate surface area is 289 Å². The summed E-state index contributed by atoms with van der Waals surface area (Å²) in [4.78, 5) is 13.9. The Morgan fingerprint density at radius 1 is 1.20 bits per heavy atom. The van der Waals surface area contributed by atoms with Crippen LogP contribution in [-0.2, 0) is 0 Å². The van der Waals surface area contributed by atoms with Gasteiger partial charge in [-0.1, -0.05) is 24.6 Å². The van der Waals surface area contributed by atoms with Crippen molar-refractivity contribution in [2.24, 2.45) is 11.8 Å². The molecule has 258 valence electrons. The van der Waals surface area contributed by atoms with Crippen molar-refractivity contribution in [2.75, 3.05) is 43.5 Å². The van der Waals surface area contributed by atoms with Crippen LogP contribution < -0.4 is 20.1 Å². The standard InChI is InChI=1S/C35H35ClF4N6O2S/c1-17-13-35(8-3-9-45(35)15-17)16-48-34-43-28-25-29(47-11-7-19-12-18(31(39)40)4-2-10-46(19)33(25)44-34)26(36)24(27(28)38)20-5-6-22(37)30-23(20)21(14-41)32(42)49-30/h5-6,17-19,31H,2-4,7-13,15-16,42H2,1H3/t17-,18?,19?,35?/m1/s1. The number of alkyl halides is 2. The van der Waals surface area contributed by atoms with Gasteiger partial charge < -0.3 is 20.1 Å². The van der Waals surface area contributed by atoms with Gasteiger partial charge in [-0.05, 0) is 62.6 Å². The third kappa shape index (κ3) is 5.24. The first kappa shape index (κ1) is 32.6. The molecule has 14 heteroatoms. The van der Waals surface area contributed by atoms with E-state index in [1.807, 2.05) is 11.0 Å². The highest BCUT2D eigenvalue weighted by atomic mass is 35.5. The van der Waals surface area contributed by atoms with Gasteiger partial charge in [0, 0.05) is 42.4 Å². The molecule has 0 spiro atoms. The Morgan fingerprint density at radius 2 is 2.04 bits per heavy atom. The molecule has 0 radical (unpaired) electrons. The molecular weight excluding hydrogens is 680 g/mol. The van der Waals surface area contributed by atoms with E-state index in [4.69, 9.17) is 31.8 Å². The highest BCUT2D eigenvalue weighted by molar-refractivity contribution is 7.23. The molecule has 2 N–H and O–H groups in total. The molecule has 4 aliphatic heterocycles.